The van der Waals surface area contributed by atoms with Crippen molar-refractivity contribution in [3.05, 3.63) is 68.6 Å². The second kappa shape index (κ2) is 5.99. The Hall–Kier alpha value is -2.60. The van der Waals surface area contributed by atoms with Crippen LogP contribution in [0.1, 0.15) is 30.5 Å². The van der Waals surface area contributed by atoms with E-state index in [0.29, 0.717) is 13.1 Å². The molecule has 0 fully saturated rings. The molecule has 6 nitrogen and oxygen atoms in total. The van der Waals surface area contributed by atoms with Gasteiger partial charge in [-0.15, -0.1) is 0 Å². The molecule has 2 aromatic carbocycles. The first-order valence-electron chi connectivity index (χ1n) is 8.55. The quantitative estimate of drug-likeness (QED) is 0.768. The third kappa shape index (κ3) is 2.61. The van der Waals surface area contributed by atoms with E-state index in [1.54, 1.807) is 0 Å². The number of hydrogen-bond donors (Lipinski definition) is 1. The number of halogens is 1. The van der Waals surface area contributed by atoms with Gasteiger partial charge < -0.3 is 4.90 Å². The Morgan fingerprint density at radius 2 is 1.77 bits per heavy atom. The van der Waals surface area contributed by atoms with Crippen LogP contribution in [0.15, 0.2) is 41.2 Å². The van der Waals surface area contributed by atoms with E-state index in [-0.39, 0.29) is 11.1 Å². The number of H-pyrrole nitrogens is 1. The van der Waals surface area contributed by atoms with Crippen LogP contribution < -0.4 is 10.6 Å². The average molecular weight is 370 g/mol. The van der Waals surface area contributed by atoms with Crippen molar-refractivity contribution in [3.63, 3.8) is 0 Å². The van der Waals surface area contributed by atoms with Crippen molar-refractivity contribution in [2.75, 3.05) is 11.4 Å². The minimum Gasteiger partial charge on any atom is -0.339 e. The molecule has 0 radical (unpaired) electrons. The topological polar surface area (TPSA) is 66.8 Å². The maximum atomic E-state index is 11.7. The fraction of sp³-hybridized carbons (Fsp3) is 0.316. The molecule has 134 valence electrons. The first-order chi connectivity index (χ1) is 12.4. The number of aromatic nitrogens is 4. The van der Waals surface area contributed by atoms with Crippen LogP contribution in [-0.2, 0) is 12.0 Å². The predicted molar refractivity (Wildman–Crippen MR) is 102 cm³/mol. The molecule has 7 heteroatoms. The van der Waals surface area contributed by atoms with Crippen molar-refractivity contribution in [2.24, 2.45) is 0 Å². The van der Waals surface area contributed by atoms with E-state index >= 15 is 0 Å². The average Bonchev–Trinajstić information content (AvgIpc) is 3.01. The molecule has 4 rings (SSSR count). The summed E-state index contributed by atoms with van der Waals surface area (Å²) in [6.07, 6.45) is 0. The fourth-order valence-corrected chi connectivity index (χ4v) is 3.88. The molecule has 0 atom stereocenters. The van der Waals surface area contributed by atoms with Gasteiger partial charge in [-0.05, 0) is 52.7 Å². The van der Waals surface area contributed by atoms with Crippen molar-refractivity contribution in [1.29, 1.82) is 0 Å². The lowest BCUT2D eigenvalue weighted by atomic mass is 9.73. The van der Waals surface area contributed by atoms with Crippen molar-refractivity contribution in [2.45, 2.75) is 32.7 Å². The van der Waals surface area contributed by atoms with Gasteiger partial charge >= 0.3 is 5.69 Å². The Morgan fingerprint density at radius 1 is 1.08 bits per heavy atom. The Labute approximate surface area is 156 Å². The molecule has 0 unspecified atom stereocenters. The number of nitrogens with one attached hydrogen (secondary N) is 1. The summed E-state index contributed by atoms with van der Waals surface area (Å²) in [5.74, 6) is 0. The molecule has 1 aliphatic heterocycles. The molecular weight excluding hydrogens is 350 g/mol. The normalized spacial score (nSPS) is 14.8. The van der Waals surface area contributed by atoms with Crippen LogP contribution in [-0.4, -0.2) is 26.8 Å². The summed E-state index contributed by atoms with van der Waals surface area (Å²) < 4.78 is 1.34. The highest BCUT2D eigenvalue weighted by atomic mass is 35.5. The summed E-state index contributed by atoms with van der Waals surface area (Å²) in [5, 5.41) is 10.4. The van der Waals surface area contributed by atoms with Gasteiger partial charge in [-0.2, -0.15) is 4.68 Å². The highest BCUT2D eigenvalue weighted by Crippen LogP contribution is 2.49. The highest BCUT2D eigenvalue weighted by Gasteiger charge is 2.36. The summed E-state index contributed by atoms with van der Waals surface area (Å²) in [6, 6.07) is 12.5. The lowest BCUT2D eigenvalue weighted by molar-refractivity contribution is 0.566. The van der Waals surface area contributed by atoms with Gasteiger partial charge in [-0.3, -0.25) is 0 Å². The van der Waals surface area contributed by atoms with E-state index < -0.39 is 0 Å². The second-order valence-corrected chi connectivity index (χ2v) is 7.62. The number of aromatic amines is 1. The molecule has 0 amide bonds. The summed E-state index contributed by atoms with van der Waals surface area (Å²) in [4.78, 5) is 14.0. The maximum absolute atomic E-state index is 11.7. The van der Waals surface area contributed by atoms with Crippen LogP contribution in [0.3, 0.4) is 0 Å². The summed E-state index contributed by atoms with van der Waals surface area (Å²) in [6.45, 7) is 7.58. The van der Waals surface area contributed by atoms with Crippen LogP contribution in [0.4, 0.5) is 11.4 Å². The van der Waals surface area contributed by atoms with E-state index in [1.165, 1.54) is 21.4 Å². The molecule has 0 bridgehead atoms. The monoisotopic (exact) mass is 369 g/mol. The Bertz CT molecular complexity index is 981. The number of anilines is 2. The minimum atomic E-state index is -0.303. The number of aryl methyl sites for hydroxylation is 1. The lowest BCUT2D eigenvalue weighted by Crippen LogP contribution is -2.35. The van der Waals surface area contributed by atoms with Gasteiger partial charge in [0.2, 0.25) is 0 Å². The maximum Gasteiger partial charge on any atom is 0.361 e. The number of fused-ring (bicyclic) bond motifs is 2. The Balaban J connectivity index is 1.84. The molecule has 1 N–H and O–H groups in total. The first kappa shape index (κ1) is 16.8. The SMILES string of the molecule is Cc1ccc2c(c1)C(C)(C)c1cc(Cl)ccc1N2CCn1nn[nH]c1=O. The molecule has 26 heavy (non-hydrogen) atoms. The van der Waals surface area contributed by atoms with Gasteiger partial charge in [0.15, 0.2) is 0 Å². The first-order valence-corrected chi connectivity index (χ1v) is 8.92. The fourth-order valence-electron chi connectivity index (χ4n) is 3.70. The van der Waals surface area contributed by atoms with Crippen LogP contribution in [0.25, 0.3) is 0 Å². The van der Waals surface area contributed by atoms with Gasteiger partial charge in [-0.1, -0.05) is 43.1 Å². The summed E-state index contributed by atoms with van der Waals surface area (Å²) in [5.41, 5.74) is 5.43. The molecule has 3 aromatic rings. The minimum absolute atomic E-state index is 0.164. The van der Waals surface area contributed by atoms with Gasteiger partial charge in [-0.25, -0.2) is 9.89 Å². The zero-order chi connectivity index (χ0) is 18.5. The van der Waals surface area contributed by atoms with Crippen molar-refractivity contribution in [1.82, 2.24) is 20.2 Å². The van der Waals surface area contributed by atoms with Gasteiger partial charge in [0.05, 0.1) is 6.54 Å². The van der Waals surface area contributed by atoms with E-state index in [4.69, 9.17) is 11.6 Å². The van der Waals surface area contributed by atoms with E-state index in [1.807, 2.05) is 18.2 Å². The number of hydrogen-bond acceptors (Lipinski definition) is 4. The summed E-state index contributed by atoms with van der Waals surface area (Å²) >= 11 is 6.30. The standard InChI is InChI=1S/C19H20ClN5O/c1-12-4-6-16-14(10-12)19(2,3)15-11-13(20)5-7-17(15)24(16)8-9-25-18(26)21-22-23-25/h4-7,10-11H,8-9H2,1-3H3,(H,21,23,26). The molecule has 0 spiro atoms. The smallest absolute Gasteiger partial charge is 0.339 e. The summed E-state index contributed by atoms with van der Waals surface area (Å²) in [7, 11) is 0. The van der Waals surface area contributed by atoms with Gasteiger partial charge in [0, 0.05) is 28.4 Å². The highest BCUT2D eigenvalue weighted by molar-refractivity contribution is 6.30. The van der Waals surface area contributed by atoms with E-state index in [9.17, 15) is 4.79 Å². The third-order valence-corrected chi connectivity index (χ3v) is 5.34. The Kier molecular flexibility index (Phi) is 3.88. The molecular formula is C19H20ClN5O. The van der Waals surface area contributed by atoms with Crippen LogP contribution >= 0.6 is 11.6 Å². The molecule has 1 aromatic heterocycles. The van der Waals surface area contributed by atoms with Crippen LogP contribution in [0, 0.1) is 6.92 Å². The zero-order valence-electron chi connectivity index (χ0n) is 15.0. The van der Waals surface area contributed by atoms with E-state index in [0.717, 1.165) is 16.4 Å². The molecule has 2 heterocycles. The second-order valence-electron chi connectivity index (χ2n) is 7.19. The molecule has 0 aliphatic carbocycles. The number of rotatable bonds is 3. The van der Waals surface area contributed by atoms with Crippen LogP contribution in [0.5, 0.6) is 0 Å². The lowest BCUT2D eigenvalue weighted by Gasteiger charge is -2.42. The van der Waals surface area contributed by atoms with E-state index in [2.05, 4.69) is 59.4 Å². The zero-order valence-corrected chi connectivity index (χ0v) is 15.7. The van der Waals surface area contributed by atoms with Crippen molar-refractivity contribution in [3.8, 4) is 0 Å². The number of benzene rings is 2. The molecule has 0 saturated heterocycles. The van der Waals surface area contributed by atoms with Crippen molar-refractivity contribution < 1.29 is 0 Å². The molecule has 1 aliphatic rings. The number of tetrazole rings is 1. The number of nitrogens with zero attached hydrogens (tertiary/aromatic N) is 4. The van der Waals surface area contributed by atoms with Crippen LogP contribution in [0.2, 0.25) is 5.02 Å². The van der Waals surface area contributed by atoms with Gasteiger partial charge in [0.1, 0.15) is 0 Å². The molecule has 0 saturated carbocycles. The largest absolute Gasteiger partial charge is 0.361 e. The van der Waals surface area contributed by atoms with Gasteiger partial charge in [0.25, 0.3) is 0 Å². The Morgan fingerprint density at radius 3 is 2.46 bits per heavy atom. The predicted octanol–water partition coefficient (Wildman–Crippen LogP) is 3.41. The van der Waals surface area contributed by atoms with Crippen molar-refractivity contribution >= 4 is 23.0 Å². The third-order valence-electron chi connectivity index (χ3n) is 5.11.